The summed E-state index contributed by atoms with van der Waals surface area (Å²) in [5.41, 5.74) is 1.21. The number of para-hydroxylation sites is 1. The van der Waals surface area contributed by atoms with Crippen LogP contribution in [0.4, 0.5) is 5.69 Å². The molecule has 2 heterocycles. The molecule has 1 aromatic carbocycles. The van der Waals surface area contributed by atoms with Gasteiger partial charge in [-0.1, -0.05) is 18.2 Å². The van der Waals surface area contributed by atoms with Crippen molar-refractivity contribution in [1.82, 2.24) is 4.67 Å². The van der Waals surface area contributed by atoms with E-state index < -0.39 is 8.45 Å². The average molecular weight is 278 g/mol. The maximum Gasteiger partial charge on any atom is 0.218 e. The van der Waals surface area contributed by atoms with Crippen molar-refractivity contribution in [3.05, 3.63) is 30.3 Å². The number of hydrogen-bond acceptors (Lipinski definition) is 3. The van der Waals surface area contributed by atoms with Crippen LogP contribution in [0.2, 0.25) is 0 Å². The van der Waals surface area contributed by atoms with Crippen molar-refractivity contribution in [1.29, 1.82) is 0 Å². The zero-order chi connectivity index (χ0) is 13.5. The van der Waals surface area contributed by atoms with Crippen LogP contribution >= 0.6 is 8.45 Å². The molecule has 4 heteroatoms. The Morgan fingerprint density at radius 3 is 2.63 bits per heavy atom. The summed E-state index contributed by atoms with van der Waals surface area (Å²) in [4.78, 5) is 0. The lowest BCUT2D eigenvalue weighted by molar-refractivity contribution is 0.139. The SMILES string of the molecule is CC(C)(C)OP1N(c2ccccc2)C[C@@H]2CCCN21. The van der Waals surface area contributed by atoms with Crippen LogP contribution < -0.4 is 4.67 Å². The lowest BCUT2D eigenvalue weighted by Gasteiger charge is -2.34. The molecule has 2 aliphatic rings. The number of hydrogen-bond donors (Lipinski definition) is 0. The third kappa shape index (κ3) is 2.79. The molecule has 104 valence electrons. The van der Waals surface area contributed by atoms with Gasteiger partial charge in [0.25, 0.3) is 0 Å². The smallest absolute Gasteiger partial charge is 0.218 e. The van der Waals surface area contributed by atoms with Gasteiger partial charge >= 0.3 is 0 Å². The monoisotopic (exact) mass is 278 g/mol. The highest BCUT2D eigenvalue weighted by molar-refractivity contribution is 7.52. The first kappa shape index (κ1) is 13.4. The zero-order valence-electron chi connectivity index (χ0n) is 12.0. The highest BCUT2D eigenvalue weighted by Gasteiger charge is 2.45. The molecule has 1 unspecified atom stereocenters. The van der Waals surface area contributed by atoms with Gasteiger partial charge in [-0.15, -0.1) is 0 Å². The second kappa shape index (κ2) is 5.05. The third-order valence-electron chi connectivity index (χ3n) is 3.57. The first-order valence-electron chi connectivity index (χ1n) is 7.13. The van der Waals surface area contributed by atoms with Crippen LogP contribution in [0.15, 0.2) is 30.3 Å². The lowest BCUT2D eigenvalue weighted by atomic mass is 10.2. The molecule has 0 radical (unpaired) electrons. The minimum absolute atomic E-state index is 0.0871. The molecule has 2 atom stereocenters. The van der Waals surface area contributed by atoms with Crippen LogP contribution in [0.25, 0.3) is 0 Å². The van der Waals surface area contributed by atoms with Crippen molar-refractivity contribution in [2.24, 2.45) is 0 Å². The third-order valence-corrected chi connectivity index (χ3v) is 6.05. The fourth-order valence-corrected chi connectivity index (χ4v) is 5.20. The number of anilines is 1. The van der Waals surface area contributed by atoms with Crippen LogP contribution in [-0.2, 0) is 4.52 Å². The van der Waals surface area contributed by atoms with E-state index in [1.165, 1.54) is 25.1 Å². The molecule has 0 saturated carbocycles. The summed E-state index contributed by atoms with van der Waals surface area (Å²) >= 11 is 0. The molecular formula is C15H23N2OP. The van der Waals surface area contributed by atoms with Gasteiger partial charge in [0.05, 0.1) is 5.60 Å². The minimum Gasteiger partial charge on any atom is -0.321 e. The summed E-state index contributed by atoms with van der Waals surface area (Å²) in [7, 11) is -0.647. The van der Waals surface area contributed by atoms with Crippen LogP contribution in [-0.4, -0.2) is 29.4 Å². The van der Waals surface area contributed by atoms with Crippen LogP contribution in [0, 0.1) is 0 Å². The molecule has 0 amide bonds. The molecule has 0 spiro atoms. The Balaban J connectivity index is 1.86. The molecule has 1 aromatic rings. The van der Waals surface area contributed by atoms with Crippen molar-refractivity contribution in [3.63, 3.8) is 0 Å². The fraction of sp³-hybridized carbons (Fsp3) is 0.600. The second-order valence-electron chi connectivity index (χ2n) is 6.33. The highest BCUT2D eigenvalue weighted by atomic mass is 31.2. The Kier molecular flexibility index (Phi) is 3.55. The van der Waals surface area contributed by atoms with Crippen molar-refractivity contribution < 1.29 is 4.52 Å². The molecule has 2 fully saturated rings. The summed E-state index contributed by atoms with van der Waals surface area (Å²) in [6.45, 7) is 8.77. The van der Waals surface area contributed by atoms with Gasteiger partial charge in [-0.2, -0.15) is 0 Å². The molecule has 2 saturated heterocycles. The van der Waals surface area contributed by atoms with Gasteiger partial charge in [0.2, 0.25) is 8.45 Å². The maximum atomic E-state index is 6.40. The number of benzene rings is 1. The number of rotatable bonds is 2. The molecule has 0 aliphatic carbocycles. The average Bonchev–Trinajstić information content (AvgIpc) is 2.92. The van der Waals surface area contributed by atoms with Gasteiger partial charge < -0.3 is 9.19 Å². The molecule has 3 rings (SSSR count). The normalized spacial score (nSPS) is 27.8. The highest BCUT2D eigenvalue weighted by Crippen LogP contribution is 2.58. The molecule has 3 nitrogen and oxygen atoms in total. The van der Waals surface area contributed by atoms with E-state index in [-0.39, 0.29) is 5.60 Å². The molecule has 0 N–H and O–H groups in total. The van der Waals surface area contributed by atoms with Gasteiger partial charge in [0.1, 0.15) is 0 Å². The number of fused-ring (bicyclic) bond motifs is 1. The maximum absolute atomic E-state index is 6.40. The summed E-state index contributed by atoms with van der Waals surface area (Å²) in [5.74, 6) is 0. The van der Waals surface area contributed by atoms with Gasteiger partial charge in [0, 0.05) is 24.8 Å². The van der Waals surface area contributed by atoms with Crippen molar-refractivity contribution >= 4 is 14.1 Å². The van der Waals surface area contributed by atoms with Crippen LogP contribution in [0.1, 0.15) is 33.6 Å². The summed E-state index contributed by atoms with van der Waals surface area (Å²) in [6, 6.07) is 11.4. The van der Waals surface area contributed by atoms with E-state index in [1.807, 2.05) is 0 Å². The Hall–Kier alpha value is -0.630. The standard InChI is InChI=1S/C15H23N2OP/c1-15(2,3)18-19-16-11-7-10-14(16)12-17(19)13-8-5-4-6-9-13/h4-6,8-9,14H,7,10-12H2,1-3H3/t14-,19?/m0/s1. The largest absolute Gasteiger partial charge is 0.321 e. The molecular weight excluding hydrogens is 255 g/mol. The first-order valence-corrected chi connectivity index (χ1v) is 8.29. The predicted molar refractivity (Wildman–Crippen MR) is 81.3 cm³/mol. The van der Waals surface area contributed by atoms with Crippen molar-refractivity contribution in [3.8, 4) is 0 Å². The predicted octanol–water partition coefficient (Wildman–Crippen LogP) is 4.01. The van der Waals surface area contributed by atoms with E-state index >= 15 is 0 Å². The Morgan fingerprint density at radius 2 is 1.95 bits per heavy atom. The van der Waals surface area contributed by atoms with Gasteiger partial charge in [0.15, 0.2) is 0 Å². The lowest BCUT2D eigenvalue weighted by Crippen LogP contribution is -2.25. The first-order chi connectivity index (χ1) is 9.04. The van der Waals surface area contributed by atoms with E-state index in [9.17, 15) is 0 Å². The topological polar surface area (TPSA) is 15.7 Å². The van der Waals surface area contributed by atoms with Gasteiger partial charge in [-0.05, 0) is 45.7 Å². The number of nitrogens with zero attached hydrogens (tertiary/aromatic N) is 2. The van der Waals surface area contributed by atoms with Gasteiger partial charge in [-0.25, -0.2) is 4.67 Å². The molecule has 0 aromatic heterocycles. The Morgan fingerprint density at radius 1 is 1.21 bits per heavy atom. The van der Waals surface area contributed by atoms with E-state index in [4.69, 9.17) is 4.52 Å². The van der Waals surface area contributed by atoms with E-state index in [2.05, 4.69) is 60.4 Å². The Labute approximate surface area is 117 Å². The van der Waals surface area contributed by atoms with Crippen LogP contribution in [0.3, 0.4) is 0 Å². The molecule has 0 bridgehead atoms. The Bertz CT molecular complexity index is 432. The van der Waals surface area contributed by atoms with Gasteiger partial charge in [-0.3, -0.25) is 0 Å². The van der Waals surface area contributed by atoms with Crippen molar-refractivity contribution in [2.45, 2.75) is 45.3 Å². The second-order valence-corrected chi connectivity index (χ2v) is 8.02. The molecule has 19 heavy (non-hydrogen) atoms. The quantitative estimate of drug-likeness (QED) is 0.760. The summed E-state index contributed by atoms with van der Waals surface area (Å²) in [6.07, 6.45) is 2.63. The summed E-state index contributed by atoms with van der Waals surface area (Å²) in [5, 5.41) is 0. The van der Waals surface area contributed by atoms with E-state index in [1.54, 1.807) is 0 Å². The zero-order valence-corrected chi connectivity index (χ0v) is 12.9. The van der Waals surface area contributed by atoms with Crippen LogP contribution in [0.5, 0.6) is 0 Å². The summed E-state index contributed by atoms with van der Waals surface area (Å²) < 4.78 is 11.5. The van der Waals surface area contributed by atoms with E-state index in [0.29, 0.717) is 6.04 Å². The fourth-order valence-electron chi connectivity index (χ4n) is 2.79. The van der Waals surface area contributed by atoms with Crippen molar-refractivity contribution in [2.75, 3.05) is 17.8 Å². The van der Waals surface area contributed by atoms with E-state index in [0.717, 1.165) is 6.54 Å². The minimum atomic E-state index is -0.647. The molecule has 2 aliphatic heterocycles.